The van der Waals surface area contributed by atoms with E-state index < -0.39 is 11.7 Å². The molecule has 4 nitrogen and oxygen atoms in total. The molecule has 2 N–H and O–H groups in total. The van der Waals surface area contributed by atoms with Crippen LogP contribution in [-0.2, 0) is 17.5 Å². The summed E-state index contributed by atoms with van der Waals surface area (Å²) >= 11 is 6.21. The largest absolute Gasteiger partial charge is 0.416 e. The highest BCUT2D eigenvalue weighted by molar-refractivity contribution is 6.33. The molecule has 0 spiro atoms. The number of halogens is 4. The molecule has 1 aliphatic heterocycles. The van der Waals surface area contributed by atoms with Crippen molar-refractivity contribution in [2.45, 2.75) is 51.4 Å². The van der Waals surface area contributed by atoms with Crippen LogP contribution in [0.5, 0.6) is 0 Å². The Labute approximate surface area is 185 Å². The van der Waals surface area contributed by atoms with Gasteiger partial charge in [-0.15, -0.1) is 0 Å². The molecule has 0 aromatic heterocycles. The molecule has 168 valence electrons. The van der Waals surface area contributed by atoms with Gasteiger partial charge in [0.15, 0.2) is 0 Å². The van der Waals surface area contributed by atoms with E-state index >= 15 is 0 Å². The van der Waals surface area contributed by atoms with Gasteiger partial charge >= 0.3 is 6.18 Å². The summed E-state index contributed by atoms with van der Waals surface area (Å²) in [5.41, 5.74) is 6.45. The molecule has 0 unspecified atom stereocenters. The average molecular weight is 454 g/mol. The minimum Gasteiger partial charge on any atom is -0.398 e. The number of unbranched alkanes of at least 4 members (excludes halogenated alkanes) is 1. The molecule has 0 saturated carbocycles. The van der Waals surface area contributed by atoms with Gasteiger partial charge in [0.2, 0.25) is 5.91 Å². The summed E-state index contributed by atoms with van der Waals surface area (Å²) in [6.07, 6.45) is -1.51. The lowest BCUT2D eigenvalue weighted by Crippen LogP contribution is -2.39. The third-order valence-electron chi connectivity index (χ3n) is 5.68. The monoisotopic (exact) mass is 453 g/mol. The average Bonchev–Trinajstić information content (AvgIpc) is 3.22. The molecule has 31 heavy (non-hydrogen) atoms. The first kappa shape index (κ1) is 23.3. The Bertz CT molecular complexity index is 919. The SMILES string of the molecule is CCCCC(=O)N1CC[C@H](N(Cc2ccccc2C(F)(F)F)c2ccc(N)c(Cl)c2)C1. The van der Waals surface area contributed by atoms with Gasteiger partial charge in [0, 0.05) is 37.8 Å². The molecule has 8 heteroatoms. The molecule has 2 aromatic rings. The minimum absolute atomic E-state index is 0.0532. The second-order valence-electron chi connectivity index (χ2n) is 7.87. The first-order valence-electron chi connectivity index (χ1n) is 10.4. The summed E-state index contributed by atoms with van der Waals surface area (Å²) in [6.45, 7) is 3.15. The summed E-state index contributed by atoms with van der Waals surface area (Å²) < 4.78 is 40.7. The number of nitrogen functional groups attached to an aromatic ring is 1. The zero-order chi connectivity index (χ0) is 22.6. The topological polar surface area (TPSA) is 49.6 Å². The van der Waals surface area contributed by atoms with Gasteiger partial charge in [0.1, 0.15) is 0 Å². The normalized spacial score (nSPS) is 16.5. The number of carbonyl (C=O) groups excluding carboxylic acids is 1. The van der Waals surface area contributed by atoms with Gasteiger partial charge in [-0.05, 0) is 42.7 Å². The van der Waals surface area contributed by atoms with E-state index in [4.69, 9.17) is 17.3 Å². The maximum atomic E-state index is 13.6. The van der Waals surface area contributed by atoms with Crippen molar-refractivity contribution in [1.82, 2.24) is 4.90 Å². The number of benzene rings is 2. The zero-order valence-electron chi connectivity index (χ0n) is 17.5. The smallest absolute Gasteiger partial charge is 0.398 e. The van der Waals surface area contributed by atoms with E-state index in [2.05, 4.69) is 0 Å². The molecule has 0 radical (unpaired) electrons. The molecule has 1 saturated heterocycles. The van der Waals surface area contributed by atoms with E-state index in [9.17, 15) is 18.0 Å². The van der Waals surface area contributed by atoms with Crippen LogP contribution >= 0.6 is 11.6 Å². The van der Waals surface area contributed by atoms with Crippen LogP contribution in [-0.4, -0.2) is 29.9 Å². The van der Waals surface area contributed by atoms with Crippen LogP contribution in [0.3, 0.4) is 0 Å². The molecule has 1 amide bonds. The van der Waals surface area contributed by atoms with Crippen molar-refractivity contribution >= 4 is 28.9 Å². The molecule has 1 fully saturated rings. The maximum absolute atomic E-state index is 13.6. The fourth-order valence-electron chi connectivity index (χ4n) is 3.95. The quantitative estimate of drug-likeness (QED) is 0.544. The fraction of sp³-hybridized carbons (Fsp3) is 0.435. The van der Waals surface area contributed by atoms with E-state index in [-0.39, 0.29) is 24.1 Å². The number of nitrogens with two attached hydrogens (primary N) is 1. The van der Waals surface area contributed by atoms with Gasteiger partial charge in [-0.3, -0.25) is 4.79 Å². The maximum Gasteiger partial charge on any atom is 0.416 e. The molecular weight excluding hydrogens is 427 g/mol. The molecule has 0 aliphatic carbocycles. The number of anilines is 2. The number of carbonyl (C=O) groups is 1. The van der Waals surface area contributed by atoms with Crippen molar-refractivity contribution in [2.24, 2.45) is 0 Å². The van der Waals surface area contributed by atoms with Crippen molar-refractivity contribution in [3.63, 3.8) is 0 Å². The fourth-order valence-corrected chi connectivity index (χ4v) is 4.13. The Hall–Kier alpha value is -2.41. The summed E-state index contributed by atoms with van der Waals surface area (Å²) in [5, 5.41) is 0.348. The number of hydrogen-bond acceptors (Lipinski definition) is 3. The van der Waals surface area contributed by atoms with Crippen molar-refractivity contribution in [3.05, 3.63) is 58.6 Å². The van der Waals surface area contributed by atoms with Gasteiger partial charge in [0.25, 0.3) is 0 Å². The second kappa shape index (κ2) is 9.81. The lowest BCUT2D eigenvalue weighted by molar-refractivity contribution is -0.138. The number of hydrogen-bond donors (Lipinski definition) is 1. The van der Waals surface area contributed by atoms with Crippen LogP contribution in [0.15, 0.2) is 42.5 Å². The summed E-state index contributed by atoms with van der Waals surface area (Å²) in [5.74, 6) is 0.0929. The highest BCUT2D eigenvalue weighted by Gasteiger charge is 2.35. The van der Waals surface area contributed by atoms with E-state index in [0.29, 0.717) is 42.3 Å². The van der Waals surface area contributed by atoms with E-state index in [1.165, 1.54) is 12.1 Å². The molecule has 2 aromatic carbocycles. The highest BCUT2D eigenvalue weighted by Crippen LogP contribution is 2.35. The third-order valence-corrected chi connectivity index (χ3v) is 6.01. The molecule has 1 heterocycles. The van der Waals surface area contributed by atoms with Crippen LogP contribution in [0.1, 0.15) is 43.7 Å². The van der Waals surface area contributed by atoms with E-state index in [0.717, 1.165) is 18.9 Å². The minimum atomic E-state index is -4.45. The first-order chi connectivity index (χ1) is 14.7. The zero-order valence-corrected chi connectivity index (χ0v) is 18.2. The predicted molar refractivity (Wildman–Crippen MR) is 118 cm³/mol. The van der Waals surface area contributed by atoms with Crippen LogP contribution in [0.25, 0.3) is 0 Å². The van der Waals surface area contributed by atoms with Crippen LogP contribution < -0.4 is 10.6 Å². The standard InChI is InChI=1S/C23H27ClF3N3O/c1-2-3-8-22(31)29-12-11-18(15-29)30(17-9-10-21(28)20(24)13-17)14-16-6-4-5-7-19(16)23(25,26)27/h4-7,9-10,13,18H,2-3,8,11-12,14-15,28H2,1H3/t18-/m0/s1. The molecule has 0 bridgehead atoms. The van der Waals surface area contributed by atoms with Crippen molar-refractivity contribution in [1.29, 1.82) is 0 Å². The van der Waals surface area contributed by atoms with Crippen LogP contribution in [0.4, 0.5) is 24.5 Å². The van der Waals surface area contributed by atoms with Crippen LogP contribution in [0, 0.1) is 0 Å². The Kier molecular flexibility index (Phi) is 7.36. The molecule has 1 atom stereocenters. The number of likely N-dealkylation sites (tertiary alicyclic amines) is 1. The Balaban J connectivity index is 1.90. The lowest BCUT2D eigenvalue weighted by Gasteiger charge is -2.32. The van der Waals surface area contributed by atoms with Gasteiger partial charge in [-0.25, -0.2) is 0 Å². The Morgan fingerprint density at radius 3 is 2.68 bits per heavy atom. The van der Waals surface area contributed by atoms with Gasteiger partial charge in [0.05, 0.1) is 16.3 Å². The van der Waals surface area contributed by atoms with E-state index in [1.54, 1.807) is 24.3 Å². The third kappa shape index (κ3) is 5.64. The molecule has 3 rings (SSSR count). The van der Waals surface area contributed by atoms with Gasteiger partial charge in [-0.2, -0.15) is 13.2 Å². The van der Waals surface area contributed by atoms with E-state index in [1.807, 2.05) is 16.7 Å². The number of amides is 1. The first-order valence-corrected chi connectivity index (χ1v) is 10.8. The van der Waals surface area contributed by atoms with Crippen LogP contribution in [0.2, 0.25) is 5.02 Å². The Morgan fingerprint density at radius 1 is 1.26 bits per heavy atom. The van der Waals surface area contributed by atoms with Crippen molar-refractivity contribution in [2.75, 3.05) is 23.7 Å². The number of alkyl halides is 3. The summed E-state index contributed by atoms with van der Waals surface area (Å²) in [6, 6.07) is 10.6. The second-order valence-corrected chi connectivity index (χ2v) is 8.28. The number of nitrogens with zero attached hydrogens (tertiary/aromatic N) is 2. The van der Waals surface area contributed by atoms with Gasteiger partial charge in [-0.1, -0.05) is 43.1 Å². The molecule has 1 aliphatic rings. The van der Waals surface area contributed by atoms with Gasteiger partial charge < -0.3 is 15.5 Å². The van der Waals surface area contributed by atoms with Crippen molar-refractivity contribution in [3.8, 4) is 0 Å². The highest BCUT2D eigenvalue weighted by atomic mass is 35.5. The Morgan fingerprint density at radius 2 is 2.00 bits per heavy atom. The molecular formula is C23H27ClF3N3O. The lowest BCUT2D eigenvalue weighted by atomic mass is 10.0. The van der Waals surface area contributed by atoms with Crippen molar-refractivity contribution < 1.29 is 18.0 Å². The summed E-state index contributed by atoms with van der Waals surface area (Å²) in [4.78, 5) is 16.2. The predicted octanol–water partition coefficient (Wildman–Crippen LogP) is 5.74. The summed E-state index contributed by atoms with van der Waals surface area (Å²) in [7, 11) is 0. The number of rotatable bonds is 7.